The highest BCUT2D eigenvalue weighted by Crippen LogP contribution is 2.32. The first-order valence-corrected chi connectivity index (χ1v) is 7.23. The van der Waals surface area contributed by atoms with Crippen LogP contribution in [0.15, 0.2) is 21.6 Å². The second kappa shape index (κ2) is 6.16. The van der Waals surface area contributed by atoms with Gasteiger partial charge in [0.05, 0.1) is 28.1 Å². The number of aryl methyl sites for hydroxylation is 1. The van der Waals surface area contributed by atoms with Gasteiger partial charge in [0.25, 0.3) is 0 Å². The Labute approximate surface area is 129 Å². The molecule has 0 aliphatic heterocycles. The van der Waals surface area contributed by atoms with Gasteiger partial charge in [-0.1, -0.05) is 23.4 Å². The summed E-state index contributed by atoms with van der Waals surface area (Å²) in [6.45, 7) is 3.52. The predicted molar refractivity (Wildman–Crippen MR) is 78.4 cm³/mol. The molecule has 108 valence electrons. The summed E-state index contributed by atoms with van der Waals surface area (Å²) in [7, 11) is 0. The van der Waals surface area contributed by atoms with E-state index in [4.69, 9.17) is 16.0 Å². The summed E-state index contributed by atoms with van der Waals surface area (Å²) in [6, 6.07) is 4.92. The summed E-state index contributed by atoms with van der Waals surface area (Å²) in [6.07, 6.45) is 0. The molecule has 2 heterocycles. The maximum atomic E-state index is 10.6. The lowest BCUT2D eigenvalue weighted by Gasteiger charge is -2.09. The molecule has 8 heteroatoms. The largest absolute Gasteiger partial charge is 0.433 e. The minimum atomic E-state index is -0.594. The first kappa shape index (κ1) is 15.4. The second-order valence-corrected chi connectivity index (χ2v) is 5.56. The molecule has 2 rings (SSSR count). The zero-order chi connectivity index (χ0) is 15.6. The zero-order valence-corrected chi connectivity index (χ0v) is 12.8. The third kappa shape index (κ3) is 3.17. The van der Waals surface area contributed by atoms with Gasteiger partial charge in [-0.3, -0.25) is 10.1 Å². The van der Waals surface area contributed by atoms with E-state index in [0.717, 1.165) is 0 Å². The molecular weight excluding hydrogens is 314 g/mol. The Balaban J connectivity index is 2.24. The average Bonchev–Trinajstić information content (AvgIpc) is 2.92. The van der Waals surface area contributed by atoms with Gasteiger partial charge in [0, 0.05) is 0 Å². The van der Waals surface area contributed by atoms with Crippen molar-refractivity contribution in [1.29, 1.82) is 5.26 Å². The van der Waals surface area contributed by atoms with E-state index in [0.29, 0.717) is 38.4 Å². The Kier molecular flexibility index (Phi) is 4.50. The van der Waals surface area contributed by atoms with Crippen LogP contribution in [0.1, 0.15) is 22.6 Å². The molecule has 6 nitrogen and oxygen atoms in total. The van der Waals surface area contributed by atoms with Gasteiger partial charge < -0.3 is 4.42 Å². The van der Waals surface area contributed by atoms with Crippen LogP contribution in [0, 0.1) is 35.3 Å². The van der Waals surface area contributed by atoms with Crippen LogP contribution in [0.25, 0.3) is 0 Å². The van der Waals surface area contributed by atoms with Crippen molar-refractivity contribution in [2.45, 2.75) is 24.6 Å². The highest BCUT2D eigenvalue weighted by Gasteiger charge is 2.16. The number of pyridine rings is 1. The van der Waals surface area contributed by atoms with Crippen molar-refractivity contribution in [3.05, 3.63) is 49.9 Å². The second-order valence-electron chi connectivity index (χ2n) is 4.21. The minimum Gasteiger partial charge on any atom is -0.405 e. The Hall–Kier alpha value is -2.04. The van der Waals surface area contributed by atoms with Crippen LogP contribution in [0.2, 0.25) is 5.02 Å². The molecule has 0 amide bonds. The Bertz CT molecular complexity index is 752. The molecule has 0 N–H and O–H groups in total. The molecule has 0 fully saturated rings. The van der Waals surface area contributed by atoms with E-state index in [1.165, 1.54) is 23.9 Å². The lowest BCUT2D eigenvalue weighted by Crippen LogP contribution is -1.96. The minimum absolute atomic E-state index is 0.303. The number of hydrogen-bond donors (Lipinski definition) is 0. The summed E-state index contributed by atoms with van der Waals surface area (Å²) < 4.78 is 5.07. The van der Waals surface area contributed by atoms with Gasteiger partial charge in [-0.25, -0.2) is 4.98 Å². The number of furan rings is 1. The van der Waals surface area contributed by atoms with Crippen LogP contribution in [-0.4, -0.2) is 9.91 Å². The van der Waals surface area contributed by atoms with E-state index in [9.17, 15) is 15.4 Å². The first-order valence-electron chi connectivity index (χ1n) is 5.86. The quantitative estimate of drug-likeness (QED) is 0.479. The monoisotopic (exact) mass is 323 g/mol. The number of nitro groups is 1. The molecule has 0 atom stereocenters. The van der Waals surface area contributed by atoms with Crippen molar-refractivity contribution in [3.8, 4) is 6.07 Å². The normalized spacial score (nSPS) is 10.4. The molecule has 0 aliphatic rings. The summed E-state index contributed by atoms with van der Waals surface area (Å²) in [5.74, 6) is 0.487. The lowest BCUT2D eigenvalue weighted by atomic mass is 10.1. The highest BCUT2D eigenvalue weighted by molar-refractivity contribution is 7.98. The van der Waals surface area contributed by atoms with E-state index in [1.54, 1.807) is 13.8 Å². The summed E-state index contributed by atoms with van der Waals surface area (Å²) in [4.78, 5) is 14.3. The maximum Gasteiger partial charge on any atom is 0.433 e. The van der Waals surface area contributed by atoms with Crippen molar-refractivity contribution in [2.24, 2.45) is 0 Å². The summed E-state index contributed by atoms with van der Waals surface area (Å²) in [5.41, 5.74) is 1.73. The third-order valence-corrected chi connectivity index (χ3v) is 4.35. The molecule has 21 heavy (non-hydrogen) atoms. The van der Waals surface area contributed by atoms with E-state index < -0.39 is 4.92 Å². The van der Waals surface area contributed by atoms with Crippen molar-refractivity contribution in [1.82, 2.24) is 4.98 Å². The van der Waals surface area contributed by atoms with Gasteiger partial charge in [-0.05, 0) is 25.5 Å². The first-order chi connectivity index (χ1) is 9.93. The highest BCUT2D eigenvalue weighted by atomic mass is 35.5. The number of nitrogens with zero attached hydrogens (tertiary/aromatic N) is 3. The third-order valence-electron chi connectivity index (χ3n) is 2.80. The van der Waals surface area contributed by atoms with Gasteiger partial charge in [0.1, 0.15) is 21.8 Å². The number of nitriles is 1. The number of thioether (sulfide) groups is 1. The topological polar surface area (TPSA) is 93.0 Å². The maximum absolute atomic E-state index is 10.6. The van der Waals surface area contributed by atoms with Crippen molar-refractivity contribution >= 4 is 29.2 Å². The lowest BCUT2D eigenvalue weighted by molar-refractivity contribution is -0.402. The predicted octanol–water partition coefficient (Wildman–Crippen LogP) is 4.02. The SMILES string of the molecule is Cc1nc(SCc2ccc([N+](=O)[O-])o2)c(C#N)c(C)c1Cl. The van der Waals surface area contributed by atoms with Crippen LogP contribution in [-0.2, 0) is 5.75 Å². The molecule has 0 bridgehead atoms. The molecular formula is C13H10ClN3O3S. The Morgan fingerprint density at radius 2 is 2.24 bits per heavy atom. The Morgan fingerprint density at radius 1 is 1.52 bits per heavy atom. The van der Waals surface area contributed by atoms with Crippen LogP contribution >= 0.6 is 23.4 Å². The van der Waals surface area contributed by atoms with Gasteiger partial charge in [-0.15, -0.1) is 0 Å². The van der Waals surface area contributed by atoms with Crippen molar-refractivity contribution < 1.29 is 9.34 Å². The van der Waals surface area contributed by atoms with Crippen LogP contribution in [0.4, 0.5) is 5.88 Å². The van der Waals surface area contributed by atoms with E-state index >= 15 is 0 Å². The smallest absolute Gasteiger partial charge is 0.405 e. The molecule has 2 aromatic rings. The molecule has 0 saturated carbocycles. The fraction of sp³-hybridized carbons (Fsp3) is 0.231. The fourth-order valence-electron chi connectivity index (χ4n) is 1.72. The van der Waals surface area contributed by atoms with E-state index in [1.807, 2.05) is 0 Å². The molecule has 0 aliphatic carbocycles. The molecule has 0 saturated heterocycles. The van der Waals surface area contributed by atoms with E-state index in [-0.39, 0.29) is 5.88 Å². The van der Waals surface area contributed by atoms with Crippen molar-refractivity contribution in [3.63, 3.8) is 0 Å². The number of aromatic nitrogens is 1. The molecule has 0 aromatic carbocycles. The number of rotatable bonds is 4. The van der Waals surface area contributed by atoms with E-state index in [2.05, 4.69) is 11.1 Å². The zero-order valence-electron chi connectivity index (χ0n) is 11.2. The molecule has 0 radical (unpaired) electrons. The van der Waals surface area contributed by atoms with Gasteiger partial charge in [0.15, 0.2) is 0 Å². The molecule has 0 unspecified atom stereocenters. The van der Waals surface area contributed by atoms with Gasteiger partial charge >= 0.3 is 5.88 Å². The van der Waals surface area contributed by atoms with Crippen LogP contribution < -0.4 is 0 Å². The summed E-state index contributed by atoms with van der Waals surface area (Å²) in [5, 5.41) is 20.8. The van der Waals surface area contributed by atoms with Crippen molar-refractivity contribution in [2.75, 3.05) is 0 Å². The Morgan fingerprint density at radius 3 is 2.81 bits per heavy atom. The van der Waals surface area contributed by atoms with Gasteiger partial charge in [-0.2, -0.15) is 5.26 Å². The summed E-state index contributed by atoms with van der Waals surface area (Å²) >= 11 is 7.35. The van der Waals surface area contributed by atoms with Crippen LogP contribution in [0.3, 0.4) is 0 Å². The van der Waals surface area contributed by atoms with Crippen LogP contribution in [0.5, 0.6) is 0 Å². The molecule has 2 aromatic heterocycles. The standard InChI is InChI=1S/C13H10ClN3O3S/c1-7-10(5-15)13(16-8(2)12(7)14)21-6-9-3-4-11(20-9)17(18)19/h3-4H,6H2,1-2H3. The average molecular weight is 324 g/mol. The number of halogens is 1. The molecule has 0 spiro atoms. The van der Waals surface area contributed by atoms with Gasteiger partial charge in [0.2, 0.25) is 0 Å². The fourth-order valence-corrected chi connectivity index (χ4v) is 2.83. The number of hydrogen-bond acceptors (Lipinski definition) is 6.